The minimum atomic E-state index is -0.468. The second kappa shape index (κ2) is 9.30. The van der Waals surface area contributed by atoms with Crippen LogP contribution in [0.5, 0.6) is 11.5 Å². The molecule has 0 radical (unpaired) electrons. The zero-order chi connectivity index (χ0) is 21.8. The Morgan fingerprint density at radius 2 is 1.94 bits per heavy atom. The molecule has 1 amide bonds. The minimum Gasteiger partial charge on any atom is -0.495 e. The first-order chi connectivity index (χ1) is 15.1. The summed E-state index contributed by atoms with van der Waals surface area (Å²) in [5.41, 5.74) is 5.04. The van der Waals surface area contributed by atoms with Crippen LogP contribution >= 0.6 is 11.8 Å². The molecule has 1 aliphatic rings. The molecule has 0 aliphatic carbocycles. The Labute approximate surface area is 185 Å². The number of aryl methyl sites for hydroxylation is 1. The summed E-state index contributed by atoms with van der Waals surface area (Å²) < 4.78 is 12.8. The average Bonchev–Trinajstić information content (AvgIpc) is 3.21. The standard InChI is InChI=1S/C22H25N5O3S/c1-4-18-24-25-22-27(18)26-19(14-10-12-15(13-11-14)30-5-2)20(31-22)21(28)23-16-8-6-7-9-17(16)29-3/h6-13,19-20,26H,4-5H2,1-3H3,(H,23,28)/t19-,20+/m1/s1. The van der Waals surface area contributed by atoms with Crippen LogP contribution in [-0.2, 0) is 11.2 Å². The van der Waals surface area contributed by atoms with Crippen LogP contribution in [0.3, 0.4) is 0 Å². The number of anilines is 1. The Kier molecular flexibility index (Phi) is 6.31. The van der Waals surface area contributed by atoms with Gasteiger partial charge in [0.25, 0.3) is 0 Å². The van der Waals surface area contributed by atoms with Gasteiger partial charge in [-0.3, -0.25) is 4.79 Å². The van der Waals surface area contributed by atoms with Crippen molar-refractivity contribution in [1.82, 2.24) is 14.9 Å². The monoisotopic (exact) mass is 439 g/mol. The molecule has 3 aromatic rings. The summed E-state index contributed by atoms with van der Waals surface area (Å²) in [7, 11) is 1.58. The van der Waals surface area contributed by atoms with Crippen molar-refractivity contribution in [3.8, 4) is 11.5 Å². The second-order valence-electron chi connectivity index (χ2n) is 6.92. The number of carbonyl (C=O) groups excluding carboxylic acids is 1. The van der Waals surface area contributed by atoms with Crippen molar-refractivity contribution in [3.05, 3.63) is 59.9 Å². The Hall–Kier alpha value is -3.20. The molecule has 0 saturated heterocycles. The molecule has 31 heavy (non-hydrogen) atoms. The van der Waals surface area contributed by atoms with E-state index in [4.69, 9.17) is 9.47 Å². The van der Waals surface area contributed by atoms with Crippen LogP contribution in [0.25, 0.3) is 0 Å². The van der Waals surface area contributed by atoms with Gasteiger partial charge in [0.15, 0.2) is 5.82 Å². The molecular weight excluding hydrogens is 414 g/mol. The summed E-state index contributed by atoms with van der Waals surface area (Å²) in [5.74, 6) is 2.08. The molecule has 0 bridgehead atoms. The van der Waals surface area contributed by atoms with Gasteiger partial charge in [0.1, 0.15) is 16.7 Å². The van der Waals surface area contributed by atoms with Crippen LogP contribution < -0.4 is 20.2 Å². The predicted octanol–water partition coefficient (Wildman–Crippen LogP) is 3.65. The maximum absolute atomic E-state index is 13.4. The number of thioether (sulfide) groups is 1. The molecule has 0 unspecified atom stereocenters. The maximum Gasteiger partial charge on any atom is 0.240 e. The number of ether oxygens (including phenoxy) is 2. The highest BCUT2D eigenvalue weighted by atomic mass is 32.2. The van der Waals surface area contributed by atoms with E-state index in [0.717, 1.165) is 23.6 Å². The fourth-order valence-electron chi connectivity index (χ4n) is 3.47. The average molecular weight is 440 g/mol. The summed E-state index contributed by atoms with van der Waals surface area (Å²) >= 11 is 1.39. The van der Waals surface area contributed by atoms with E-state index in [1.54, 1.807) is 7.11 Å². The van der Waals surface area contributed by atoms with E-state index in [2.05, 4.69) is 20.9 Å². The van der Waals surface area contributed by atoms with Gasteiger partial charge in [0.05, 0.1) is 25.4 Å². The number of carbonyl (C=O) groups is 1. The number of hydrogen-bond donors (Lipinski definition) is 2. The zero-order valence-corrected chi connectivity index (χ0v) is 18.5. The smallest absolute Gasteiger partial charge is 0.240 e. The number of methoxy groups -OCH3 is 1. The maximum atomic E-state index is 13.4. The number of hydrogen-bond acceptors (Lipinski definition) is 7. The molecule has 2 atom stereocenters. The van der Waals surface area contributed by atoms with Crippen molar-refractivity contribution in [3.63, 3.8) is 0 Å². The fraction of sp³-hybridized carbons (Fsp3) is 0.318. The molecule has 1 aliphatic heterocycles. The highest BCUT2D eigenvalue weighted by Gasteiger charge is 2.38. The molecule has 162 valence electrons. The molecule has 1 aromatic heterocycles. The lowest BCUT2D eigenvalue weighted by molar-refractivity contribution is -0.116. The molecule has 0 fully saturated rings. The second-order valence-corrected chi connectivity index (χ2v) is 8.03. The first-order valence-electron chi connectivity index (χ1n) is 10.2. The molecule has 0 saturated carbocycles. The number of benzene rings is 2. The molecule has 8 nitrogen and oxygen atoms in total. The van der Waals surface area contributed by atoms with Gasteiger partial charge in [-0.25, -0.2) is 4.68 Å². The van der Waals surface area contributed by atoms with Crippen LogP contribution in [0, 0.1) is 0 Å². The van der Waals surface area contributed by atoms with Gasteiger partial charge in [-0.1, -0.05) is 43.0 Å². The van der Waals surface area contributed by atoms with Crippen LogP contribution in [0.15, 0.2) is 53.7 Å². The van der Waals surface area contributed by atoms with Crippen molar-refractivity contribution >= 4 is 23.4 Å². The van der Waals surface area contributed by atoms with Gasteiger partial charge in [-0.15, -0.1) is 10.2 Å². The van der Waals surface area contributed by atoms with Crippen molar-refractivity contribution in [2.24, 2.45) is 0 Å². The Morgan fingerprint density at radius 3 is 2.65 bits per heavy atom. The van der Waals surface area contributed by atoms with E-state index in [0.29, 0.717) is 23.2 Å². The van der Waals surface area contributed by atoms with Gasteiger partial charge in [0.2, 0.25) is 11.1 Å². The first-order valence-corrected chi connectivity index (χ1v) is 11.1. The van der Waals surface area contributed by atoms with Crippen LogP contribution in [0.2, 0.25) is 0 Å². The predicted molar refractivity (Wildman–Crippen MR) is 120 cm³/mol. The highest BCUT2D eigenvalue weighted by Crippen LogP contribution is 2.38. The van der Waals surface area contributed by atoms with Crippen molar-refractivity contribution in [2.75, 3.05) is 24.5 Å². The van der Waals surface area contributed by atoms with Gasteiger partial charge in [-0.05, 0) is 36.8 Å². The van der Waals surface area contributed by atoms with Crippen molar-refractivity contribution in [2.45, 2.75) is 36.7 Å². The van der Waals surface area contributed by atoms with Crippen LogP contribution in [0.4, 0.5) is 5.69 Å². The van der Waals surface area contributed by atoms with Crippen LogP contribution in [-0.4, -0.2) is 39.7 Å². The number of fused-ring (bicyclic) bond motifs is 1. The van der Waals surface area contributed by atoms with Crippen molar-refractivity contribution in [1.29, 1.82) is 0 Å². The van der Waals surface area contributed by atoms with E-state index in [-0.39, 0.29) is 11.9 Å². The molecule has 2 aromatic carbocycles. The van der Waals surface area contributed by atoms with Gasteiger partial charge in [-0.2, -0.15) is 0 Å². The fourth-order valence-corrected chi connectivity index (χ4v) is 4.57. The molecule has 2 N–H and O–H groups in total. The van der Waals surface area contributed by atoms with Gasteiger partial charge < -0.3 is 20.2 Å². The molecule has 4 rings (SSSR count). The Balaban J connectivity index is 1.66. The lowest BCUT2D eigenvalue weighted by atomic mass is 10.0. The molecule has 9 heteroatoms. The summed E-state index contributed by atoms with van der Waals surface area (Å²) in [4.78, 5) is 13.4. The molecule has 2 heterocycles. The Bertz CT molecular complexity index is 1050. The lowest BCUT2D eigenvalue weighted by Gasteiger charge is -2.33. The van der Waals surface area contributed by atoms with Crippen LogP contribution in [0.1, 0.15) is 31.3 Å². The summed E-state index contributed by atoms with van der Waals surface area (Å²) in [6, 6.07) is 14.9. The minimum absolute atomic E-state index is 0.145. The van der Waals surface area contributed by atoms with Gasteiger partial charge in [0, 0.05) is 6.42 Å². The van der Waals surface area contributed by atoms with E-state index >= 15 is 0 Å². The third-order valence-electron chi connectivity index (χ3n) is 4.99. The highest BCUT2D eigenvalue weighted by molar-refractivity contribution is 8.00. The normalized spacial score (nSPS) is 17.4. The molecular formula is C22H25N5O3S. The summed E-state index contributed by atoms with van der Waals surface area (Å²) in [5, 5.41) is 11.7. The lowest BCUT2D eigenvalue weighted by Crippen LogP contribution is -2.41. The molecule has 0 spiro atoms. The number of nitrogens with zero attached hydrogens (tertiary/aromatic N) is 3. The third kappa shape index (κ3) is 4.32. The number of amides is 1. The summed E-state index contributed by atoms with van der Waals surface area (Å²) in [6.07, 6.45) is 0.731. The van der Waals surface area contributed by atoms with E-state index in [9.17, 15) is 4.79 Å². The first kappa shape index (κ1) is 21.0. The van der Waals surface area contributed by atoms with Crippen molar-refractivity contribution < 1.29 is 14.3 Å². The number of nitrogens with one attached hydrogen (secondary N) is 2. The third-order valence-corrected chi connectivity index (χ3v) is 6.21. The summed E-state index contributed by atoms with van der Waals surface area (Å²) in [6.45, 7) is 4.58. The van der Waals surface area contributed by atoms with E-state index < -0.39 is 5.25 Å². The Morgan fingerprint density at radius 1 is 1.16 bits per heavy atom. The topological polar surface area (TPSA) is 90.3 Å². The number of rotatable bonds is 7. The number of aromatic nitrogens is 3. The quantitative estimate of drug-likeness (QED) is 0.581. The van der Waals surface area contributed by atoms with E-state index in [1.165, 1.54) is 11.8 Å². The number of para-hydroxylation sites is 2. The SMILES string of the molecule is CCOc1ccc([C@H]2Nn3c(CC)nnc3S[C@@H]2C(=O)Nc2ccccc2OC)cc1. The van der Waals surface area contributed by atoms with E-state index in [1.807, 2.05) is 67.1 Å². The zero-order valence-electron chi connectivity index (χ0n) is 17.7. The van der Waals surface area contributed by atoms with Gasteiger partial charge >= 0.3 is 0 Å². The largest absolute Gasteiger partial charge is 0.495 e.